The van der Waals surface area contributed by atoms with Crippen LogP contribution in [-0.4, -0.2) is 39.0 Å². The van der Waals surface area contributed by atoms with Gasteiger partial charge in [0.05, 0.1) is 18.1 Å². The number of hydrogen-bond acceptors (Lipinski definition) is 4. The van der Waals surface area contributed by atoms with Crippen molar-refractivity contribution < 1.29 is 8.42 Å². The van der Waals surface area contributed by atoms with E-state index in [4.69, 9.17) is 0 Å². The van der Waals surface area contributed by atoms with Gasteiger partial charge in [-0.3, -0.25) is 0 Å². The van der Waals surface area contributed by atoms with E-state index in [-0.39, 0.29) is 5.92 Å². The number of aryl methyl sites for hydroxylation is 1. The molecule has 0 amide bonds. The van der Waals surface area contributed by atoms with E-state index in [1.54, 1.807) is 11.3 Å². The first kappa shape index (κ1) is 16.3. The van der Waals surface area contributed by atoms with Gasteiger partial charge in [0, 0.05) is 18.0 Å². The fourth-order valence-electron chi connectivity index (χ4n) is 2.33. The molecule has 1 unspecified atom stereocenters. The van der Waals surface area contributed by atoms with Gasteiger partial charge < -0.3 is 10.6 Å². The number of sulfone groups is 1. The maximum atomic E-state index is 11.5. The van der Waals surface area contributed by atoms with Gasteiger partial charge in [-0.1, -0.05) is 0 Å². The molecule has 1 fully saturated rings. The molecule has 5 nitrogen and oxygen atoms in total. The molecule has 1 aliphatic rings. The number of nitrogens with zero attached hydrogens (tertiary/aromatic N) is 1. The molecule has 1 saturated heterocycles. The molecule has 1 atom stereocenters. The van der Waals surface area contributed by atoms with E-state index in [1.165, 1.54) is 10.4 Å². The lowest BCUT2D eigenvalue weighted by Gasteiger charge is -2.14. The first-order valence-corrected chi connectivity index (χ1v) is 9.96. The van der Waals surface area contributed by atoms with Gasteiger partial charge in [-0.2, -0.15) is 0 Å². The Balaban J connectivity index is 1.88. The zero-order valence-electron chi connectivity index (χ0n) is 12.6. The first-order chi connectivity index (χ1) is 10.00. The molecule has 0 radical (unpaired) electrons. The predicted molar refractivity (Wildman–Crippen MR) is 88.6 cm³/mol. The van der Waals surface area contributed by atoms with E-state index < -0.39 is 9.84 Å². The summed E-state index contributed by atoms with van der Waals surface area (Å²) < 4.78 is 22.9. The highest BCUT2D eigenvalue weighted by Crippen LogP contribution is 2.18. The molecule has 1 aliphatic heterocycles. The van der Waals surface area contributed by atoms with Crippen LogP contribution < -0.4 is 10.6 Å². The molecule has 1 aromatic heterocycles. The minimum atomic E-state index is -2.81. The van der Waals surface area contributed by atoms with Crippen molar-refractivity contribution in [1.82, 2.24) is 10.6 Å². The Kier molecular flexibility index (Phi) is 5.64. The minimum absolute atomic E-state index is 0.197. The van der Waals surface area contributed by atoms with Crippen LogP contribution in [0.3, 0.4) is 0 Å². The molecule has 21 heavy (non-hydrogen) atoms. The lowest BCUT2D eigenvalue weighted by atomic mass is 10.1. The van der Waals surface area contributed by atoms with E-state index in [2.05, 4.69) is 34.0 Å². The summed E-state index contributed by atoms with van der Waals surface area (Å²) in [6, 6.07) is 2.10. The van der Waals surface area contributed by atoms with Gasteiger partial charge in [0.25, 0.3) is 0 Å². The fraction of sp³-hybridized carbons (Fsp3) is 0.643. The Morgan fingerprint density at radius 2 is 2.29 bits per heavy atom. The Hall–Kier alpha value is -1.08. The van der Waals surface area contributed by atoms with Crippen LogP contribution in [-0.2, 0) is 16.4 Å². The number of thiophene rings is 1. The van der Waals surface area contributed by atoms with Crippen molar-refractivity contribution in [2.45, 2.75) is 26.8 Å². The first-order valence-electron chi connectivity index (χ1n) is 7.25. The Morgan fingerprint density at radius 1 is 1.48 bits per heavy atom. The molecule has 118 valence electrons. The SMILES string of the molecule is CCNC(=NCc1sccc1C)NCC1CCS(=O)(=O)C1. The smallest absolute Gasteiger partial charge is 0.191 e. The summed E-state index contributed by atoms with van der Waals surface area (Å²) in [6.45, 7) is 6.22. The number of aliphatic imine (C=N–C) groups is 1. The van der Waals surface area contributed by atoms with E-state index in [0.717, 1.165) is 18.9 Å². The van der Waals surface area contributed by atoms with Crippen molar-refractivity contribution >= 4 is 27.1 Å². The predicted octanol–water partition coefficient (Wildman–Crippen LogP) is 1.55. The third-order valence-electron chi connectivity index (χ3n) is 3.58. The fourth-order valence-corrected chi connectivity index (χ4v) is 5.02. The molecule has 2 heterocycles. The Morgan fingerprint density at radius 3 is 2.86 bits per heavy atom. The number of hydrogen-bond donors (Lipinski definition) is 2. The molecule has 0 aliphatic carbocycles. The summed E-state index contributed by atoms with van der Waals surface area (Å²) in [5, 5.41) is 8.54. The third-order valence-corrected chi connectivity index (χ3v) is 6.42. The van der Waals surface area contributed by atoms with Gasteiger partial charge in [-0.05, 0) is 43.2 Å². The zero-order valence-corrected chi connectivity index (χ0v) is 14.2. The summed E-state index contributed by atoms with van der Waals surface area (Å²) in [4.78, 5) is 5.83. The van der Waals surface area contributed by atoms with Crippen molar-refractivity contribution in [3.05, 3.63) is 21.9 Å². The largest absolute Gasteiger partial charge is 0.357 e. The van der Waals surface area contributed by atoms with Crippen molar-refractivity contribution in [1.29, 1.82) is 0 Å². The molecule has 2 N–H and O–H groups in total. The lowest BCUT2D eigenvalue weighted by molar-refractivity contribution is 0.567. The molecular weight excluding hydrogens is 306 g/mol. The summed E-state index contributed by atoms with van der Waals surface area (Å²) in [6.07, 6.45) is 0.749. The molecule has 0 spiro atoms. The second-order valence-corrected chi connectivity index (χ2v) is 8.60. The van der Waals surface area contributed by atoms with Crippen LogP contribution in [0.25, 0.3) is 0 Å². The van der Waals surface area contributed by atoms with Crippen molar-refractivity contribution in [2.75, 3.05) is 24.6 Å². The number of rotatable bonds is 5. The van der Waals surface area contributed by atoms with Crippen LogP contribution in [0.5, 0.6) is 0 Å². The maximum Gasteiger partial charge on any atom is 0.191 e. The van der Waals surface area contributed by atoms with Crippen molar-refractivity contribution in [2.24, 2.45) is 10.9 Å². The monoisotopic (exact) mass is 329 g/mol. The van der Waals surface area contributed by atoms with E-state index in [9.17, 15) is 8.42 Å². The molecular formula is C14H23N3O2S2. The van der Waals surface area contributed by atoms with Gasteiger partial charge in [-0.25, -0.2) is 13.4 Å². The van der Waals surface area contributed by atoms with Crippen molar-refractivity contribution in [3.63, 3.8) is 0 Å². The number of guanidine groups is 1. The summed E-state index contributed by atoms with van der Waals surface area (Å²) in [5.41, 5.74) is 1.27. The normalized spacial score (nSPS) is 21.4. The van der Waals surface area contributed by atoms with Crippen LogP contribution in [0.2, 0.25) is 0 Å². The average molecular weight is 329 g/mol. The standard InChI is InChI=1S/C14H23N3O2S2/c1-3-15-14(17-9-13-11(2)4-6-20-13)16-8-12-5-7-21(18,19)10-12/h4,6,12H,3,5,7-10H2,1-2H3,(H2,15,16,17). The topological polar surface area (TPSA) is 70.6 Å². The molecule has 1 aromatic rings. The lowest BCUT2D eigenvalue weighted by Crippen LogP contribution is -2.40. The quantitative estimate of drug-likeness (QED) is 0.635. The highest BCUT2D eigenvalue weighted by Gasteiger charge is 2.27. The van der Waals surface area contributed by atoms with E-state index in [1.807, 2.05) is 6.92 Å². The van der Waals surface area contributed by atoms with Crippen molar-refractivity contribution in [3.8, 4) is 0 Å². The third kappa shape index (κ3) is 5.00. The van der Waals surface area contributed by atoms with Crippen LogP contribution in [0.1, 0.15) is 23.8 Å². The summed E-state index contributed by atoms with van der Waals surface area (Å²) in [7, 11) is -2.81. The highest BCUT2D eigenvalue weighted by molar-refractivity contribution is 7.91. The molecule has 7 heteroatoms. The maximum absolute atomic E-state index is 11.5. The second-order valence-electron chi connectivity index (χ2n) is 5.37. The van der Waals surface area contributed by atoms with Gasteiger partial charge in [0.15, 0.2) is 15.8 Å². The average Bonchev–Trinajstić information content (AvgIpc) is 2.99. The van der Waals surface area contributed by atoms with E-state index >= 15 is 0 Å². The summed E-state index contributed by atoms with van der Waals surface area (Å²) >= 11 is 1.71. The van der Waals surface area contributed by atoms with Gasteiger partial charge >= 0.3 is 0 Å². The molecule has 0 aromatic carbocycles. The van der Waals surface area contributed by atoms with Crippen LogP contribution in [0.15, 0.2) is 16.4 Å². The highest BCUT2D eigenvalue weighted by atomic mass is 32.2. The second kappa shape index (κ2) is 7.26. The van der Waals surface area contributed by atoms with Gasteiger partial charge in [-0.15, -0.1) is 11.3 Å². The van der Waals surface area contributed by atoms with Gasteiger partial charge in [0.1, 0.15) is 0 Å². The zero-order chi connectivity index (χ0) is 15.3. The Bertz CT molecular complexity index is 593. The van der Waals surface area contributed by atoms with Gasteiger partial charge in [0.2, 0.25) is 0 Å². The Labute approximate surface area is 130 Å². The summed E-state index contributed by atoms with van der Waals surface area (Å²) in [5.74, 6) is 1.57. The molecule has 2 rings (SSSR count). The van der Waals surface area contributed by atoms with E-state index in [0.29, 0.717) is 24.6 Å². The minimum Gasteiger partial charge on any atom is -0.357 e. The number of nitrogens with one attached hydrogen (secondary N) is 2. The molecule has 0 bridgehead atoms. The van der Waals surface area contributed by atoms with Crippen LogP contribution in [0, 0.1) is 12.8 Å². The van der Waals surface area contributed by atoms with Crippen LogP contribution in [0.4, 0.5) is 0 Å². The molecule has 0 saturated carbocycles. The van der Waals surface area contributed by atoms with Crippen LogP contribution >= 0.6 is 11.3 Å².